The van der Waals surface area contributed by atoms with E-state index < -0.39 is 0 Å². The average molecular weight is 257 g/mol. The second kappa shape index (κ2) is 6.52. The van der Waals surface area contributed by atoms with Crippen LogP contribution >= 0.6 is 11.6 Å². The maximum atomic E-state index is 9.26. The van der Waals surface area contributed by atoms with Gasteiger partial charge in [0.1, 0.15) is 6.61 Å². The molecule has 1 aromatic rings. The zero-order valence-electron chi connectivity index (χ0n) is 10.3. The number of allylic oxidation sites excluding steroid dienone is 1. The highest BCUT2D eigenvalue weighted by Gasteiger charge is 2.11. The Bertz CT molecular complexity index is 384. The summed E-state index contributed by atoms with van der Waals surface area (Å²) in [6.07, 6.45) is 1.95. The fraction of sp³-hybridized carbons (Fsp3) is 0.385. The second-order valence-electron chi connectivity index (χ2n) is 3.85. The average Bonchev–Trinajstić information content (AvgIpc) is 2.29. The first-order valence-corrected chi connectivity index (χ1v) is 5.69. The van der Waals surface area contributed by atoms with Crippen LogP contribution in [0.4, 0.5) is 0 Å². The first-order chi connectivity index (χ1) is 8.08. The molecule has 0 amide bonds. The van der Waals surface area contributed by atoms with Crippen molar-refractivity contribution in [2.75, 3.05) is 13.7 Å². The minimum atomic E-state index is -0.138. The quantitative estimate of drug-likeness (QED) is 0.823. The summed E-state index contributed by atoms with van der Waals surface area (Å²) in [4.78, 5) is 0. The number of methoxy groups -OCH3 is 1. The predicted molar refractivity (Wildman–Crippen MR) is 68.9 cm³/mol. The van der Waals surface area contributed by atoms with E-state index in [1.165, 1.54) is 5.57 Å². The lowest BCUT2D eigenvalue weighted by Crippen LogP contribution is -2.01. The summed E-state index contributed by atoms with van der Waals surface area (Å²) in [7, 11) is 1.54. The normalized spacial score (nSPS) is 9.94. The summed E-state index contributed by atoms with van der Waals surface area (Å²) in [5, 5.41) is 9.78. The molecule has 1 rings (SSSR count). The van der Waals surface area contributed by atoms with Crippen molar-refractivity contribution in [3.8, 4) is 11.5 Å². The number of benzene rings is 1. The molecule has 1 aromatic carbocycles. The topological polar surface area (TPSA) is 38.7 Å². The van der Waals surface area contributed by atoms with Crippen molar-refractivity contribution >= 4 is 11.6 Å². The zero-order valence-corrected chi connectivity index (χ0v) is 11.0. The molecule has 0 bridgehead atoms. The maximum absolute atomic E-state index is 9.26. The van der Waals surface area contributed by atoms with Gasteiger partial charge in [0, 0.05) is 16.7 Å². The van der Waals surface area contributed by atoms with Crippen LogP contribution in [0.1, 0.15) is 19.4 Å². The van der Waals surface area contributed by atoms with Gasteiger partial charge >= 0.3 is 0 Å². The minimum Gasteiger partial charge on any atom is -0.493 e. The highest BCUT2D eigenvalue weighted by atomic mass is 35.5. The lowest BCUT2D eigenvalue weighted by atomic mass is 10.2. The third kappa shape index (κ3) is 3.95. The SMILES string of the molecule is COc1cc(Cl)cc(CO)c1OCC=C(C)C. The van der Waals surface area contributed by atoms with Crippen LogP contribution < -0.4 is 9.47 Å². The van der Waals surface area contributed by atoms with Gasteiger partial charge in [-0.3, -0.25) is 0 Å². The molecule has 1 N–H and O–H groups in total. The molecule has 0 spiro atoms. The van der Waals surface area contributed by atoms with Gasteiger partial charge in [0.25, 0.3) is 0 Å². The van der Waals surface area contributed by atoms with Crippen molar-refractivity contribution in [3.05, 3.63) is 34.4 Å². The summed E-state index contributed by atoms with van der Waals surface area (Å²) >= 11 is 5.91. The molecule has 0 atom stereocenters. The third-order valence-electron chi connectivity index (χ3n) is 2.21. The van der Waals surface area contributed by atoms with E-state index in [0.717, 1.165) is 0 Å². The van der Waals surface area contributed by atoms with E-state index in [1.54, 1.807) is 19.2 Å². The second-order valence-corrected chi connectivity index (χ2v) is 4.28. The van der Waals surface area contributed by atoms with Crippen molar-refractivity contribution < 1.29 is 14.6 Å². The molecule has 0 saturated heterocycles. The van der Waals surface area contributed by atoms with Crippen LogP contribution in [-0.4, -0.2) is 18.8 Å². The van der Waals surface area contributed by atoms with Crippen LogP contribution in [0.15, 0.2) is 23.8 Å². The summed E-state index contributed by atoms with van der Waals surface area (Å²) in [6.45, 7) is 4.29. The molecule has 0 radical (unpaired) electrons. The fourth-order valence-corrected chi connectivity index (χ4v) is 1.58. The van der Waals surface area contributed by atoms with E-state index in [-0.39, 0.29) is 6.61 Å². The predicted octanol–water partition coefficient (Wildman–Crippen LogP) is 3.19. The Hall–Kier alpha value is -1.19. The van der Waals surface area contributed by atoms with Crippen LogP contribution in [0.2, 0.25) is 5.02 Å². The van der Waals surface area contributed by atoms with Gasteiger partial charge in [-0.05, 0) is 26.0 Å². The molecule has 0 unspecified atom stereocenters. The van der Waals surface area contributed by atoms with E-state index >= 15 is 0 Å². The Kier molecular flexibility index (Phi) is 5.32. The molecular weight excluding hydrogens is 240 g/mol. The lowest BCUT2D eigenvalue weighted by molar-refractivity contribution is 0.264. The third-order valence-corrected chi connectivity index (χ3v) is 2.42. The molecule has 0 aromatic heterocycles. The number of hydrogen-bond donors (Lipinski definition) is 1. The molecule has 4 heteroatoms. The molecule has 0 fully saturated rings. The number of rotatable bonds is 5. The Morgan fingerprint density at radius 1 is 1.41 bits per heavy atom. The van der Waals surface area contributed by atoms with Crippen LogP contribution in [0, 0.1) is 0 Å². The van der Waals surface area contributed by atoms with Crippen LogP contribution in [-0.2, 0) is 6.61 Å². The van der Waals surface area contributed by atoms with E-state index in [4.69, 9.17) is 21.1 Å². The Morgan fingerprint density at radius 3 is 2.65 bits per heavy atom. The van der Waals surface area contributed by atoms with Crippen molar-refractivity contribution in [2.45, 2.75) is 20.5 Å². The van der Waals surface area contributed by atoms with E-state index in [0.29, 0.717) is 28.7 Å². The fourth-order valence-electron chi connectivity index (χ4n) is 1.35. The van der Waals surface area contributed by atoms with Gasteiger partial charge in [0.15, 0.2) is 11.5 Å². The number of halogens is 1. The van der Waals surface area contributed by atoms with Crippen LogP contribution in [0.5, 0.6) is 11.5 Å². The number of aliphatic hydroxyl groups is 1. The van der Waals surface area contributed by atoms with E-state index in [1.807, 2.05) is 19.9 Å². The summed E-state index contributed by atoms with van der Waals surface area (Å²) in [6, 6.07) is 3.33. The molecular formula is C13H17ClO3. The van der Waals surface area contributed by atoms with Crippen molar-refractivity contribution in [2.24, 2.45) is 0 Å². The maximum Gasteiger partial charge on any atom is 0.167 e. The first kappa shape index (κ1) is 13.9. The highest BCUT2D eigenvalue weighted by molar-refractivity contribution is 6.30. The van der Waals surface area contributed by atoms with Gasteiger partial charge < -0.3 is 14.6 Å². The van der Waals surface area contributed by atoms with Gasteiger partial charge in [0.05, 0.1) is 13.7 Å². The molecule has 0 aliphatic carbocycles. The largest absolute Gasteiger partial charge is 0.493 e. The van der Waals surface area contributed by atoms with E-state index in [9.17, 15) is 5.11 Å². The van der Waals surface area contributed by atoms with Gasteiger partial charge in [-0.15, -0.1) is 0 Å². The monoisotopic (exact) mass is 256 g/mol. The van der Waals surface area contributed by atoms with Crippen molar-refractivity contribution in [1.82, 2.24) is 0 Å². The highest BCUT2D eigenvalue weighted by Crippen LogP contribution is 2.34. The van der Waals surface area contributed by atoms with Gasteiger partial charge in [0.2, 0.25) is 0 Å². The Balaban J connectivity index is 2.98. The van der Waals surface area contributed by atoms with Crippen molar-refractivity contribution in [1.29, 1.82) is 0 Å². The van der Waals surface area contributed by atoms with Crippen molar-refractivity contribution in [3.63, 3.8) is 0 Å². The Morgan fingerprint density at radius 2 is 2.12 bits per heavy atom. The number of hydrogen-bond acceptors (Lipinski definition) is 3. The van der Waals surface area contributed by atoms with Crippen LogP contribution in [0.25, 0.3) is 0 Å². The minimum absolute atomic E-state index is 0.138. The van der Waals surface area contributed by atoms with Gasteiger partial charge in [-0.2, -0.15) is 0 Å². The molecule has 0 aliphatic rings. The molecule has 0 heterocycles. The van der Waals surface area contributed by atoms with E-state index in [2.05, 4.69) is 0 Å². The smallest absolute Gasteiger partial charge is 0.167 e. The molecule has 94 valence electrons. The van der Waals surface area contributed by atoms with Gasteiger partial charge in [-0.1, -0.05) is 17.2 Å². The zero-order chi connectivity index (χ0) is 12.8. The number of aliphatic hydroxyl groups excluding tert-OH is 1. The summed E-state index contributed by atoms with van der Waals surface area (Å²) < 4.78 is 10.8. The molecule has 17 heavy (non-hydrogen) atoms. The number of ether oxygens (including phenoxy) is 2. The molecule has 3 nitrogen and oxygen atoms in total. The van der Waals surface area contributed by atoms with Gasteiger partial charge in [-0.25, -0.2) is 0 Å². The van der Waals surface area contributed by atoms with Crippen LogP contribution in [0.3, 0.4) is 0 Å². The first-order valence-electron chi connectivity index (χ1n) is 5.32. The molecule has 0 aliphatic heterocycles. The standard InChI is InChI=1S/C13H17ClO3/c1-9(2)4-5-17-13-10(8-15)6-11(14)7-12(13)16-3/h4,6-7,15H,5,8H2,1-3H3. The Labute approximate surface area is 107 Å². The summed E-state index contributed by atoms with van der Waals surface area (Å²) in [5.41, 5.74) is 1.79. The lowest BCUT2D eigenvalue weighted by Gasteiger charge is -2.13. The summed E-state index contributed by atoms with van der Waals surface area (Å²) in [5.74, 6) is 1.07. The molecule has 0 saturated carbocycles.